The van der Waals surface area contributed by atoms with Gasteiger partial charge in [-0.1, -0.05) is 121 Å². The van der Waals surface area contributed by atoms with Gasteiger partial charge in [0.05, 0.1) is 21.8 Å². The van der Waals surface area contributed by atoms with Gasteiger partial charge in [-0.25, -0.2) is 13.3 Å². The highest BCUT2D eigenvalue weighted by Gasteiger charge is 2.51. The van der Waals surface area contributed by atoms with E-state index in [2.05, 4.69) is 71.6 Å². The van der Waals surface area contributed by atoms with Crippen molar-refractivity contribution in [3.8, 4) is 33.4 Å². The predicted octanol–water partition coefficient (Wildman–Crippen LogP) is 9.08. The molecule has 1 aliphatic carbocycles. The fourth-order valence-electron chi connectivity index (χ4n) is 7.01. The maximum atomic E-state index is 14.2. The standard InChI is InChI=1S/C38H23NO2S/c1-39-27-21-18-25(19-22-27)26-20-23-31-29-11-3-2-10-28(29)30-12-4-5-13-32(30)38(35(31)24-26)33-14-6-8-16-36(33)42(40,41)37-17-9-7-15-34(37)38/h2-24H. The van der Waals surface area contributed by atoms with Crippen LogP contribution in [0.15, 0.2) is 149 Å². The van der Waals surface area contributed by atoms with E-state index in [0.717, 1.165) is 55.6 Å². The Morgan fingerprint density at radius 1 is 0.476 bits per heavy atom. The average molecular weight is 558 g/mol. The van der Waals surface area contributed by atoms with E-state index >= 15 is 0 Å². The van der Waals surface area contributed by atoms with Crippen LogP contribution in [0.5, 0.6) is 0 Å². The summed E-state index contributed by atoms with van der Waals surface area (Å²) in [7, 11) is -3.76. The summed E-state index contributed by atoms with van der Waals surface area (Å²) in [6.45, 7) is 7.38. The van der Waals surface area contributed by atoms with Gasteiger partial charge < -0.3 is 0 Å². The SMILES string of the molecule is [C-]#[N+]c1ccc(-c2ccc3c(c2)C2(c4ccccc4-c4ccccc4-3)c3ccccc3S(=O)(=O)c3ccccc32)cc1. The molecule has 0 radical (unpaired) electrons. The number of benzene rings is 6. The van der Waals surface area contributed by atoms with Gasteiger partial charge in [-0.2, -0.15) is 0 Å². The lowest BCUT2D eigenvalue weighted by Gasteiger charge is -2.42. The first-order chi connectivity index (χ1) is 20.5. The van der Waals surface area contributed by atoms with Crippen LogP contribution in [0.4, 0.5) is 5.69 Å². The van der Waals surface area contributed by atoms with Crippen molar-refractivity contribution in [2.75, 3.05) is 0 Å². The second kappa shape index (κ2) is 8.88. The van der Waals surface area contributed by atoms with Crippen molar-refractivity contribution in [3.63, 3.8) is 0 Å². The van der Waals surface area contributed by atoms with Crippen molar-refractivity contribution in [2.24, 2.45) is 0 Å². The predicted molar refractivity (Wildman–Crippen MR) is 166 cm³/mol. The maximum Gasteiger partial charge on any atom is 0.207 e. The van der Waals surface area contributed by atoms with E-state index in [1.165, 1.54) is 0 Å². The Kier molecular flexibility index (Phi) is 5.19. The third kappa shape index (κ3) is 3.17. The van der Waals surface area contributed by atoms with Gasteiger partial charge >= 0.3 is 0 Å². The molecule has 6 aromatic carbocycles. The van der Waals surface area contributed by atoms with E-state index in [0.29, 0.717) is 15.5 Å². The summed E-state index contributed by atoms with van der Waals surface area (Å²) in [5.41, 5.74) is 9.64. The molecule has 1 spiro atoms. The molecule has 1 heterocycles. The minimum Gasteiger partial charge on any atom is -0.238 e. The van der Waals surface area contributed by atoms with Crippen LogP contribution in [0.1, 0.15) is 22.3 Å². The molecule has 8 rings (SSSR count). The molecule has 0 unspecified atom stereocenters. The Hall–Kier alpha value is -5.24. The van der Waals surface area contributed by atoms with Crippen LogP contribution in [-0.2, 0) is 15.3 Å². The lowest BCUT2D eigenvalue weighted by Crippen LogP contribution is -2.38. The summed E-state index contributed by atoms with van der Waals surface area (Å²) in [5.74, 6) is 0. The highest BCUT2D eigenvalue weighted by atomic mass is 32.2. The van der Waals surface area contributed by atoms with Gasteiger partial charge in [-0.15, -0.1) is 0 Å². The molecular weight excluding hydrogens is 534 g/mol. The zero-order valence-corrected chi connectivity index (χ0v) is 23.3. The lowest BCUT2D eigenvalue weighted by atomic mass is 9.63. The summed E-state index contributed by atoms with van der Waals surface area (Å²) in [5, 5.41) is 0. The monoisotopic (exact) mass is 557 g/mol. The number of sulfone groups is 1. The zero-order valence-electron chi connectivity index (χ0n) is 22.5. The molecule has 0 bridgehead atoms. The summed E-state index contributed by atoms with van der Waals surface area (Å²) < 4.78 is 28.3. The van der Waals surface area contributed by atoms with Crippen molar-refractivity contribution in [3.05, 3.63) is 173 Å². The summed E-state index contributed by atoms with van der Waals surface area (Å²) >= 11 is 0. The first kappa shape index (κ1) is 24.5. The van der Waals surface area contributed by atoms with E-state index in [9.17, 15) is 8.42 Å². The summed E-state index contributed by atoms with van der Waals surface area (Å²) in [6.07, 6.45) is 0. The molecule has 0 saturated heterocycles. The number of hydrogen-bond donors (Lipinski definition) is 0. The molecule has 3 nitrogen and oxygen atoms in total. The number of nitrogens with zero attached hydrogens (tertiary/aromatic N) is 1. The van der Waals surface area contributed by atoms with E-state index < -0.39 is 15.3 Å². The van der Waals surface area contributed by atoms with Crippen molar-refractivity contribution >= 4 is 15.5 Å². The van der Waals surface area contributed by atoms with Gasteiger partial charge in [0.25, 0.3) is 0 Å². The smallest absolute Gasteiger partial charge is 0.207 e. The van der Waals surface area contributed by atoms with E-state index in [4.69, 9.17) is 6.57 Å². The van der Waals surface area contributed by atoms with Crippen LogP contribution in [0.3, 0.4) is 0 Å². The molecule has 1 aliphatic heterocycles. The molecule has 6 aromatic rings. The molecule has 198 valence electrons. The quantitative estimate of drug-likeness (QED) is 0.189. The Morgan fingerprint density at radius 2 is 0.952 bits per heavy atom. The van der Waals surface area contributed by atoms with E-state index in [1.807, 2.05) is 60.7 Å². The minimum atomic E-state index is -3.76. The molecule has 0 N–H and O–H groups in total. The molecule has 0 fully saturated rings. The molecule has 0 atom stereocenters. The van der Waals surface area contributed by atoms with Crippen LogP contribution in [-0.4, -0.2) is 8.42 Å². The molecule has 42 heavy (non-hydrogen) atoms. The van der Waals surface area contributed by atoms with E-state index in [1.54, 1.807) is 12.1 Å². The van der Waals surface area contributed by atoms with Crippen LogP contribution >= 0.6 is 0 Å². The van der Waals surface area contributed by atoms with Crippen LogP contribution in [0.25, 0.3) is 38.2 Å². The molecular formula is C38H23NO2S. The molecule has 0 amide bonds. The first-order valence-electron chi connectivity index (χ1n) is 13.8. The fraction of sp³-hybridized carbons (Fsp3) is 0.0263. The van der Waals surface area contributed by atoms with Gasteiger partial charge in [-0.3, -0.25) is 0 Å². The normalized spacial score (nSPS) is 14.7. The van der Waals surface area contributed by atoms with Crippen LogP contribution in [0.2, 0.25) is 0 Å². The Labute approximate surface area is 245 Å². The van der Waals surface area contributed by atoms with Gasteiger partial charge in [0.15, 0.2) is 5.69 Å². The number of hydrogen-bond acceptors (Lipinski definition) is 2. The van der Waals surface area contributed by atoms with Crippen molar-refractivity contribution in [2.45, 2.75) is 15.2 Å². The van der Waals surface area contributed by atoms with Gasteiger partial charge in [0, 0.05) is 0 Å². The topological polar surface area (TPSA) is 38.5 Å². The highest BCUT2D eigenvalue weighted by Crippen LogP contribution is 2.59. The third-order valence-electron chi connectivity index (χ3n) is 8.75. The van der Waals surface area contributed by atoms with E-state index in [-0.39, 0.29) is 0 Å². The lowest BCUT2D eigenvalue weighted by molar-refractivity contribution is 0.579. The second-order valence-electron chi connectivity index (χ2n) is 10.8. The van der Waals surface area contributed by atoms with Crippen LogP contribution in [0, 0.1) is 6.57 Å². The van der Waals surface area contributed by atoms with Crippen molar-refractivity contribution in [1.82, 2.24) is 0 Å². The number of fused-ring (bicyclic) bond motifs is 11. The largest absolute Gasteiger partial charge is 0.238 e. The molecule has 0 saturated carbocycles. The summed E-state index contributed by atoms with van der Waals surface area (Å²) in [4.78, 5) is 4.23. The average Bonchev–Trinajstić information content (AvgIpc) is 3.15. The van der Waals surface area contributed by atoms with Gasteiger partial charge in [0.1, 0.15) is 0 Å². The highest BCUT2D eigenvalue weighted by molar-refractivity contribution is 7.91. The van der Waals surface area contributed by atoms with Crippen molar-refractivity contribution < 1.29 is 8.42 Å². The summed E-state index contributed by atoms with van der Waals surface area (Å²) in [6, 6.07) is 46.0. The van der Waals surface area contributed by atoms with Crippen LogP contribution < -0.4 is 0 Å². The fourth-order valence-corrected chi connectivity index (χ4v) is 8.78. The Balaban J connectivity index is 1.61. The minimum absolute atomic E-state index is 0.335. The Bertz CT molecular complexity index is 2170. The molecule has 2 aliphatic rings. The van der Waals surface area contributed by atoms with Crippen molar-refractivity contribution in [1.29, 1.82) is 0 Å². The molecule has 4 heteroatoms. The number of rotatable bonds is 1. The van der Waals surface area contributed by atoms with Gasteiger partial charge in [-0.05, 0) is 73.8 Å². The molecule has 0 aromatic heterocycles. The van der Waals surface area contributed by atoms with Gasteiger partial charge in [0.2, 0.25) is 9.84 Å². The zero-order chi connectivity index (χ0) is 28.5. The third-order valence-corrected chi connectivity index (χ3v) is 10.6. The first-order valence-corrected chi connectivity index (χ1v) is 15.3. The Morgan fingerprint density at radius 3 is 1.55 bits per heavy atom. The second-order valence-corrected chi connectivity index (χ2v) is 12.6. The maximum absolute atomic E-state index is 14.2.